The highest BCUT2D eigenvalue weighted by molar-refractivity contribution is 6.45. The predicted molar refractivity (Wildman–Crippen MR) is 71.7 cm³/mol. The summed E-state index contributed by atoms with van der Waals surface area (Å²) < 4.78 is 0. The van der Waals surface area contributed by atoms with Crippen LogP contribution in [0, 0.1) is 23.2 Å². The van der Waals surface area contributed by atoms with E-state index in [-0.39, 0.29) is 5.78 Å². The molecule has 4 heteroatoms. The molecule has 106 valence electrons. The number of ketones is 3. The Morgan fingerprint density at radius 3 is 2.30 bits per heavy atom. The summed E-state index contributed by atoms with van der Waals surface area (Å²) in [5.74, 6) is -3.00. The highest BCUT2D eigenvalue weighted by Gasteiger charge is 2.66. The molecule has 4 aliphatic carbocycles. The lowest BCUT2D eigenvalue weighted by Crippen LogP contribution is -2.67. The van der Waals surface area contributed by atoms with E-state index in [0.29, 0.717) is 5.57 Å². The number of carbonyl (C=O) groups is 3. The van der Waals surface area contributed by atoms with Crippen molar-refractivity contribution in [2.75, 3.05) is 0 Å². The van der Waals surface area contributed by atoms with Crippen LogP contribution in [-0.4, -0.2) is 28.1 Å². The fraction of sp³-hybridized carbons (Fsp3) is 0.562. The summed E-state index contributed by atoms with van der Waals surface area (Å²) in [5, 5.41) is 10.6. The smallest absolute Gasteiger partial charge is 0.224 e. The van der Waals surface area contributed by atoms with E-state index in [9.17, 15) is 19.5 Å². The molecule has 4 aliphatic rings. The van der Waals surface area contributed by atoms with Crippen molar-refractivity contribution in [3.05, 3.63) is 23.3 Å². The van der Waals surface area contributed by atoms with Crippen LogP contribution in [0.25, 0.3) is 0 Å². The van der Waals surface area contributed by atoms with Gasteiger partial charge in [0, 0.05) is 23.2 Å². The molecule has 0 aromatic heterocycles. The van der Waals surface area contributed by atoms with Gasteiger partial charge in [0.2, 0.25) is 11.6 Å². The van der Waals surface area contributed by atoms with Crippen molar-refractivity contribution in [1.29, 1.82) is 0 Å². The van der Waals surface area contributed by atoms with Crippen molar-refractivity contribution in [2.45, 2.75) is 33.3 Å². The van der Waals surface area contributed by atoms with Gasteiger partial charge < -0.3 is 5.11 Å². The van der Waals surface area contributed by atoms with E-state index in [2.05, 4.69) is 0 Å². The Morgan fingerprint density at radius 2 is 1.70 bits per heavy atom. The zero-order chi connectivity index (χ0) is 15.0. The summed E-state index contributed by atoms with van der Waals surface area (Å²) in [4.78, 5) is 36.9. The number of aliphatic hydroxyl groups is 1. The molecule has 0 spiro atoms. The van der Waals surface area contributed by atoms with Gasteiger partial charge in [-0.2, -0.15) is 0 Å². The Morgan fingerprint density at radius 1 is 1.10 bits per heavy atom. The predicted octanol–water partition coefficient (Wildman–Crippen LogP) is 1.23. The molecule has 1 saturated carbocycles. The lowest BCUT2D eigenvalue weighted by Gasteiger charge is -2.58. The molecule has 2 bridgehead atoms. The molecule has 4 rings (SSSR count). The molecule has 0 unspecified atom stereocenters. The van der Waals surface area contributed by atoms with Crippen LogP contribution in [0.2, 0.25) is 0 Å². The van der Waals surface area contributed by atoms with Gasteiger partial charge in [0.25, 0.3) is 0 Å². The van der Waals surface area contributed by atoms with Crippen LogP contribution in [0.1, 0.15) is 27.7 Å². The van der Waals surface area contributed by atoms with Gasteiger partial charge in [-0.1, -0.05) is 24.6 Å². The summed E-state index contributed by atoms with van der Waals surface area (Å²) in [6, 6.07) is 0. The summed E-state index contributed by atoms with van der Waals surface area (Å²) in [7, 11) is 0. The van der Waals surface area contributed by atoms with Crippen molar-refractivity contribution in [3.8, 4) is 0 Å². The first kappa shape index (κ1) is 13.4. The van der Waals surface area contributed by atoms with Crippen LogP contribution >= 0.6 is 0 Å². The Bertz CT molecular complexity index is 622. The zero-order valence-electron chi connectivity index (χ0n) is 12.1. The van der Waals surface area contributed by atoms with E-state index in [0.717, 1.165) is 5.57 Å². The normalized spacial score (nSPS) is 47.0. The van der Waals surface area contributed by atoms with E-state index in [1.807, 2.05) is 19.9 Å². The van der Waals surface area contributed by atoms with Crippen LogP contribution in [-0.2, 0) is 14.4 Å². The van der Waals surface area contributed by atoms with Gasteiger partial charge in [0.05, 0.1) is 0 Å². The summed E-state index contributed by atoms with van der Waals surface area (Å²) in [6.45, 7) is 6.75. The van der Waals surface area contributed by atoms with Crippen LogP contribution in [0.5, 0.6) is 0 Å². The van der Waals surface area contributed by atoms with E-state index >= 15 is 0 Å². The maximum absolute atomic E-state index is 12.5. The highest BCUT2D eigenvalue weighted by Crippen LogP contribution is 2.59. The Hall–Kier alpha value is -1.55. The second-order valence-electron chi connectivity index (χ2n) is 6.74. The molecular weight excluding hydrogens is 256 g/mol. The van der Waals surface area contributed by atoms with E-state index in [4.69, 9.17) is 0 Å². The van der Waals surface area contributed by atoms with Crippen LogP contribution < -0.4 is 0 Å². The Labute approximate surface area is 117 Å². The molecule has 1 fully saturated rings. The van der Waals surface area contributed by atoms with Crippen molar-refractivity contribution in [2.24, 2.45) is 23.2 Å². The number of rotatable bonds is 0. The van der Waals surface area contributed by atoms with Gasteiger partial charge in [0.15, 0.2) is 5.78 Å². The Kier molecular flexibility index (Phi) is 2.39. The lowest BCUT2D eigenvalue weighted by atomic mass is 9.44. The fourth-order valence-corrected chi connectivity index (χ4v) is 4.44. The third-order valence-corrected chi connectivity index (χ3v) is 5.37. The standard InChI is InChI=1S/C16H18O4/c1-7-5-9-14(19)16(4,20)10(7)11-13(18)12(17)8(2)6-15(9,11)3/h5-6,9-11,20H,1-4H3/t9-,10-,11-,15+,16+/m0/s1. The molecule has 5 atom stereocenters. The molecule has 0 aromatic carbocycles. The topological polar surface area (TPSA) is 71.4 Å². The molecule has 1 N–H and O–H groups in total. The van der Waals surface area contributed by atoms with Crippen LogP contribution in [0.3, 0.4) is 0 Å². The molecule has 20 heavy (non-hydrogen) atoms. The summed E-state index contributed by atoms with van der Waals surface area (Å²) >= 11 is 0. The van der Waals surface area contributed by atoms with Gasteiger partial charge in [0.1, 0.15) is 5.60 Å². The number of hydrogen-bond donors (Lipinski definition) is 1. The first-order valence-corrected chi connectivity index (χ1v) is 6.85. The van der Waals surface area contributed by atoms with Crippen molar-refractivity contribution in [3.63, 3.8) is 0 Å². The third kappa shape index (κ3) is 1.28. The van der Waals surface area contributed by atoms with Crippen molar-refractivity contribution >= 4 is 17.3 Å². The van der Waals surface area contributed by atoms with Gasteiger partial charge in [-0.15, -0.1) is 0 Å². The van der Waals surface area contributed by atoms with Crippen LogP contribution in [0.15, 0.2) is 23.3 Å². The zero-order valence-corrected chi connectivity index (χ0v) is 12.1. The van der Waals surface area contributed by atoms with Crippen LogP contribution in [0.4, 0.5) is 0 Å². The average Bonchev–Trinajstić information content (AvgIpc) is 2.34. The summed E-state index contributed by atoms with van der Waals surface area (Å²) in [6.07, 6.45) is 3.61. The van der Waals surface area contributed by atoms with E-state index in [1.54, 1.807) is 13.0 Å². The maximum atomic E-state index is 12.5. The Balaban J connectivity index is 2.30. The highest BCUT2D eigenvalue weighted by atomic mass is 16.3. The minimum atomic E-state index is -1.57. The quantitative estimate of drug-likeness (QED) is 0.533. The molecular formula is C16H18O4. The molecule has 0 aromatic rings. The minimum absolute atomic E-state index is 0.252. The maximum Gasteiger partial charge on any atom is 0.224 e. The monoisotopic (exact) mass is 274 g/mol. The largest absolute Gasteiger partial charge is 0.382 e. The number of carbonyl (C=O) groups excluding carboxylic acids is 3. The molecule has 0 amide bonds. The van der Waals surface area contributed by atoms with Gasteiger partial charge in [-0.25, -0.2) is 0 Å². The average molecular weight is 274 g/mol. The van der Waals surface area contributed by atoms with E-state index < -0.39 is 40.3 Å². The molecule has 4 nitrogen and oxygen atoms in total. The molecule has 0 saturated heterocycles. The van der Waals surface area contributed by atoms with Gasteiger partial charge >= 0.3 is 0 Å². The number of hydrogen-bond acceptors (Lipinski definition) is 4. The second-order valence-corrected chi connectivity index (χ2v) is 6.74. The first-order chi connectivity index (χ1) is 9.12. The molecule has 0 aliphatic heterocycles. The van der Waals surface area contributed by atoms with Crippen molar-refractivity contribution < 1.29 is 19.5 Å². The molecule has 0 heterocycles. The lowest BCUT2D eigenvalue weighted by molar-refractivity contribution is -0.170. The van der Waals surface area contributed by atoms with Gasteiger partial charge in [-0.3, -0.25) is 14.4 Å². The van der Waals surface area contributed by atoms with Gasteiger partial charge in [-0.05, 0) is 26.3 Å². The second kappa shape index (κ2) is 3.55. The SMILES string of the molecule is CC1=C[C@@]2(C)[C@H](C(=O)C1=O)[C@@H]1C(C)=C[C@H]2C(=O)[C@]1(C)O. The minimum Gasteiger partial charge on any atom is -0.382 e. The third-order valence-electron chi connectivity index (χ3n) is 5.37. The number of Topliss-reactive ketones (excluding diaryl/α,β-unsaturated/α-hetero) is 3. The summed E-state index contributed by atoms with van der Waals surface area (Å²) in [5.41, 5.74) is -1.03. The molecule has 0 radical (unpaired) electrons. The number of allylic oxidation sites excluding steroid dienone is 3. The fourth-order valence-electron chi connectivity index (χ4n) is 4.44. The van der Waals surface area contributed by atoms with E-state index in [1.165, 1.54) is 6.92 Å². The number of fused-ring (bicyclic) bond motifs is 1. The van der Waals surface area contributed by atoms with Crippen molar-refractivity contribution in [1.82, 2.24) is 0 Å². The first-order valence-electron chi connectivity index (χ1n) is 6.85.